The summed E-state index contributed by atoms with van der Waals surface area (Å²) in [6.45, 7) is 0.680. The summed E-state index contributed by atoms with van der Waals surface area (Å²) in [4.78, 5) is 25.2. The van der Waals surface area contributed by atoms with Crippen molar-refractivity contribution >= 4 is 45.0 Å². The maximum Gasteiger partial charge on any atom is 0.252 e. The molecule has 0 aromatic heterocycles. The van der Waals surface area contributed by atoms with Crippen LogP contribution in [0, 0.1) is 5.92 Å². The fourth-order valence-electron chi connectivity index (χ4n) is 2.13. The van der Waals surface area contributed by atoms with Gasteiger partial charge in [-0.25, -0.2) is 0 Å². The highest BCUT2D eigenvalue weighted by Crippen LogP contribution is 2.29. The van der Waals surface area contributed by atoms with Gasteiger partial charge in [-0.05, 0) is 24.1 Å². The SMILES string of the molecule is CNC(=O)c1ccc(N2CC(CBr)CC2=O)cc1Cl. The molecule has 1 fully saturated rings. The van der Waals surface area contributed by atoms with Crippen LogP contribution in [0.2, 0.25) is 5.02 Å². The summed E-state index contributed by atoms with van der Waals surface area (Å²) in [5.74, 6) is 0.181. The minimum absolute atomic E-state index is 0.0909. The zero-order valence-corrected chi connectivity index (χ0v) is 12.8. The van der Waals surface area contributed by atoms with Crippen molar-refractivity contribution in [2.75, 3.05) is 23.8 Å². The van der Waals surface area contributed by atoms with Crippen molar-refractivity contribution in [3.05, 3.63) is 28.8 Å². The molecule has 1 heterocycles. The van der Waals surface area contributed by atoms with Crippen molar-refractivity contribution in [2.45, 2.75) is 6.42 Å². The monoisotopic (exact) mass is 344 g/mol. The Morgan fingerprint density at radius 3 is 2.84 bits per heavy atom. The quantitative estimate of drug-likeness (QED) is 0.856. The van der Waals surface area contributed by atoms with Crippen LogP contribution >= 0.6 is 27.5 Å². The van der Waals surface area contributed by atoms with Crippen molar-refractivity contribution in [3.8, 4) is 0 Å². The van der Waals surface area contributed by atoms with E-state index in [0.29, 0.717) is 29.5 Å². The van der Waals surface area contributed by atoms with Crippen molar-refractivity contribution in [1.82, 2.24) is 5.32 Å². The maximum atomic E-state index is 11.9. The van der Waals surface area contributed by atoms with Crippen molar-refractivity contribution < 1.29 is 9.59 Å². The second-order valence-corrected chi connectivity index (χ2v) is 5.53. The number of nitrogens with zero attached hydrogens (tertiary/aromatic N) is 1. The number of amides is 2. The van der Waals surface area contributed by atoms with Crippen LogP contribution in [0.3, 0.4) is 0 Å². The van der Waals surface area contributed by atoms with Crippen LogP contribution in [0.5, 0.6) is 0 Å². The summed E-state index contributed by atoms with van der Waals surface area (Å²) in [7, 11) is 1.55. The molecule has 1 aromatic rings. The number of hydrogen-bond donors (Lipinski definition) is 1. The average Bonchev–Trinajstić information content (AvgIpc) is 2.79. The first-order valence-electron chi connectivity index (χ1n) is 5.94. The molecule has 0 saturated carbocycles. The molecule has 2 amide bonds. The highest BCUT2D eigenvalue weighted by Gasteiger charge is 2.30. The third-order valence-electron chi connectivity index (χ3n) is 3.16. The van der Waals surface area contributed by atoms with Crippen LogP contribution in [0.25, 0.3) is 0 Å². The molecule has 1 aliphatic heterocycles. The molecule has 1 atom stereocenters. The lowest BCUT2D eigenvalue weighted by Gasteiger charge is -2.17. The third-order valence-corrected chi connectivity index (χ3v) is 4.39. The summed E-state index contributed by atoms with van der Waals surface area (Å²) in [5.41, 5.74) is 1.16. The number of benzene rings is 1. The third kappa shape index (κ3) is 2.92. The molecule has 0 aliphatic carbocycles. The van der Waals surface area contributed by atoms with Crippen LogP contribution in [-0.2, 0) is 4.79 Å². The molecule has 2 rings (SSSR count). The summed E-state index contributed by atoms with van der Waals surface area (Å²) < 4.78 is 0. The smallest absolute Gasteiger partial charge is 0.252 e. The number of rotatable bonds is 3. The van der Waals surface area contributed by atoms with E-state index in [9.17, 15) is 9.59 Å². The van der Waals surface area contributed by atoms with Gasteiger partial charge in [-0.15, -0.1) is 0 Å². The molecule has 1 aromatic carbocycles. The molecule has 1 unspecified atom stereocenters. The molecular formula is C13H14BrClN2O2. The number of anilines is 1. The fraction of sp³-hybridized carbons (Fsp3) is 0.385. The standard InChI is InChI=1S/C13H14BrClN2O2/c1-16-13(19)10-3-2-9(5-11(10)15)17-7-8(6-14)4-12(17)18/h2-3,5,8H,4,6-7H2,1H3,(H,16,19). The first kappa shape index (κ1) is 14.3. The predicted molar refractivity (Wildman–Crippen MR) is 79.1 cm³/mol. The largest absolute Gasteiger partial charge is 0.355 e. The van der Waals surface area contributed by atoms with Gasteiger partial charge in [0.25, 0.3) is 5.91 Å². The van der Waals surface area contributed by atoms with Crippen LogP contribution in [-0.4, -0.2) is 30.7 Å². The van der Waals surface area contributed by atoms with E-state index in [1.54, 1.807) is 30.1 Å². The molecule has 0 bridgehead atoms. The number of carbonyl (C=O) groups excluding carboxylic acids is 2. The lowest BCUT2D eigenvalue weighted by atomic mass is 10.1. The summed E-state index contributed by atoms with van der Waals surface area (Å²) >= 11 is 9.49. The first-order chi connectivity index (χ1) is 9.06. The van der Waals surface area contributed by atoms with Gasteiger partial charge in [0.05, 0.1) is 10.6 Å². The van der Waals surface area contributed by atoms with E-state index in [-0.39, 0.29) is 11.8 Å². The van der Waals surface area contributed by atoms with E-state index in [1.807, 2.05) is 0 Å². The van der Waals surface area contributed by atoms with Gasteiger partial charge in [0.1, 0.15) is 0 Å². The van der Waals surface area contributed by atoms with Gasteiger partial charge < -0.3 is 10.2 Å². The Morgan fingerprint density at radius 1 is 1.58 bits per heavy atom. The molecular weight excluding hydrogens is 332 g/mol. The Bertz CT molecular complexity index is 521. The van der Waals surface area contributed by atoms with Gasteiger partial charge in [0.15, 0.2) is 0 Å². The second kappa shape index (κ2) is 5.92. The number of hydrogen-bond acceptors (Lipinski definition) is 2. The highest BCUT2D eigenvalue weighted by atomic mass is 79.9. The Morgan fingerprint density at radius 2 is 2.32 bits per heavy atom. The van der Waals surface area contributed by atoms with E-state index in [2.05, 4.69) is 21.2 Å². The summed E-state index contributed by atoms with van der Waals surface area (Å²) in [6, 6.07) is 5.07. The zero-order valence-electron chi connectivity index (χ0n) is 10.5. The fourth-order valence-corrected chi connectivity index (χ4v) is 2.82. The zero-order chi connectivity index (χ0) is 14.0. The molecule has 0 spiro atoms. The molecule has 1 saturated heterocycles. The van der Waals surface area contributed by atoms with Crippen LogP contribution in [0.4, 0.5) is 5.69 Å². The van der Waals surface area contributed by atoms with Gasteiger partial charge >= 0.3 is 0 Å². The number of nitrogens with one attached hydrogen (secondary N) is 1. The Hall–Kier alpha value is -1.07. The highest BCUT2D eigenvalue weighted by molar-refractivity contribution is 9.09. The Kier molecular flexibility index (Phi) is 4.47. The number of alkyl halides is 1. The molecule has 0 radical (unpaired) electrons. The van der Waals surface area contributed by atoms with E-state index >= 15 is 0 Å². The average molecular weight is 346 g/mol. The van der Waals surface area contributed by atoms with Gasteiger partial charge in [0.2, 0.25) is 5.91 Å². The molecule has 6 heteroatoms. The van der Waals surface area contributed by atoms with E-state index in [4.69, 9.17) is 11.6 Å². The number of halogens is 2. The van der Waals surface area contributed by atoms with Crippen LogP contribution < -0.4 is 10.2 Å². The number of carbonyl (C=O) groups is 2. The van der Waals surface area contributed by atoms with Gasteiger partial charge in [-0.1, -0.05) is 27.5 Å². The van der Waals surface area contributed by atoms with Crippen molar-refractivity contribution in [1.29, 1.82) is 0 Å². The molecule has 1 aliphatic rings. The van der Waals surface area contributed by atoms with E-state index < -0.39 is 0 Å². The molecule has 19 heavy (non-hydrogen) atoms. The van der Waals surface area contributed by atoms with Crippen LogP contribution in [0.15, 0.2) is 18.2 Å². The minimum Gasteiger partial charge on any atom is -0.355 e. The van der Waals surface area contributed by atoms with Crippen molar-refractivity contribution in [2.24, 2.45) is 5.92 Å². The van der Waals surface area contributed by atoms with E-state index in [0.717, 1.165) is 11.0 Å². The van der Waals surface area contributed by atoms with Gasteiger partial charge in [0, 0.05) is 31.0 Å². The summed E-state index contributed by atoms with van der Waals surface area (Å²) in [6.07, 6.45) is 0.542. The molecule has 102 valence electrons. The Labute approximate surface area is 125 Å². The topological polar surface area (TPSA) is 49.4 Å². The molecule has 4 nitrogen and oxygen atoms in total. The lowest BCUT2D eigenvalue weighted by molar-refractivity contribution is -0.117. The maximum absolute atomic E-state index is 11.9. The summed E-state index contributed by atoms with van der Waals surface area (Å²) in [5, 5.41) is 3.68. The Balaban J connectivity index is 2.25. The van der Waals surface area contributed by atoms with Crippen molar-refractivity contribution in [3.63, 3.8) is 0 Å². The minimum atomic E-state index is -0.234. The predicted octanol–water partition coefficient (Wildman–Crippen LogP) is 2.45. The van der Waals surface area contributed by atoms with Gasteiger partial charge in [-0.3, -0.25) is 9.59 Å². The lowest BCUT2D eigenvalue weighted by Crippen LogP contribution is -2.25. The normalized spacial score (nSPS) is 18.8. The molecule has 1 N–H and O–H groups in total. The van der Waals surface area contributed by atoms with Gasteiger partial charge in [-0.2, -0.15) is 0 Å². The first-order valence-corrected chi connectivity index (χ1v) is 7.44. The van der Waals surface area contributed by atoms with Crippen LogP contribution in [0.1, 0.15) is 16.8 Å². The second-order valence-electron chi connectivity index (χ2n) is 4.47. The van der Waals surface area contributed by atoms with E-state index in [1.165, 1.54) is 0 Å².